The van der Waals surface area contributed by atoms with Crippen molar-refractivity contribution in [3.05, 3.63) is 71.7 Å². The van der Waals surface area contributed by atoms with Crippen LogP contribution in [-0.4, -0.2) is 61.7 Å². The molecule has 5 N–H and O–H groups in total. The molecule has 0 aromatic heterocycles. The maximum absolute atomic E-state index is 9.74. The number of aromatic hydroxyl groups is 1. The predicted octanol–water partition coefficient (Wildman–Crippen LogP) is 2.17. The number of nitrogens with one attached hydrogen (secondary N) is 2. The Labute approximate surface area is 171 Å². The van der Waals surface area contributed by atoms with Gasteiger partial charge in [-0.1, -0.05) is 12.7 Å². The van der Waals surface area contributed by atoms with Gasteiger partial charge in [-0.15, -0.1) is 0 Å². The van der Waals surface area contributed by atoms with Gasteiger partial charge in [-0.25, -0.2) is 0 Å². The number of nitrogens with zero attached hydrogens (tertiary/aromatic N) is 1. The molecule has 0 bridgehead atoms. The molecule has 0 spiro atoms. The minimum atomic E-state index is 0.0668. The lowest BCUT2D eigenvalue weighted by atomic mass is 10.0. The van der Waals surface area contributed by atoms with Gasteiger partial charge in [-0.2, -0.15) is 0 Å². The molecule has 1 aromatic rings. The SMILES string of the molecule is C=C1/C=C(/C(=N)c2cc(O)ccc2N)NC/C=C\C(OCCN2CCOCC2)=C/1. The molecule has 0 amide bonds. The van der Waals surface area contributed by atoms with E-state index >= 15 is 0 Å². The Hall–Kier alpha value is -3.03. The van der Waals surface area contributed by atoms with Crippen LogP contribution in [-0.2, 0) is 9.47 Å². The van der Waals surface area contributed by atoms with Gasteiger partial charge in [0.2, 0.25) is 0 Å². The monoisotopic (exact) mass is 396 g/mol. The first-order chi connectivity index (χ1) is 14.0. The Morgan fingerprint density at radius 3 is 2.90 bits per heavy atom. The summed E-state index contributed by atoms with van der Waals surface area (Å²) in [7, 11) is 0. The fraction of sp³-hybridized carbons (Fsp3) is 0.318. The second-order valence-electron chi connectivity index (χ2n) is 6.91. The molecule has 7 heteroatoms. The molecule has 7 nitrogen and oxygen atoms in total. The average Bonchev–Trinajstić information content (AvgIpc) is 2.80. The Bertz CT molecular complexity index is 852. The summed E-state index contributed by atoms with van der Waals surface area (Å²) in [5.41, 5.74) is 8.34. The first kappa shape index (κ1) is 20.7. The molecule has 0 atom stereocenters. The van der Waals surface area contributed by atoms with E-state index in [1.807, 2.05) is 18.2 Å². The Balaban J connectivity index is 1.67. The van der Waals surface area contributed by atoms with Crippen molar-refractivity contribution in [2.24, 2.45) is 0 Å². The predicted molar refractivity (Wildman–Crippen MR) is 115 cm³/mol. The van der Waals surface area contributed by atoms with Crippen molar-refractivity contribution in [1.29, 1.82) is 5.41 Å². The van der Waals surface area contributed by atoms with E-state index in [1.165, 1.54) is 12.1 Å². The lowest BCUT2D eigenvalue weighted by molar-refractivity contribution is 0.0281. The minimum Gasteiger partial charge on any atom is -0.508 e. The molecule has 1 aromatic carbocycles. The Kier molecular flexibility index (Phi) is 7.10. The first-order valence-electron chi connectivity index (χ1n) is 9.66. The fourth-order valence-electron chi connectivity index (χ4n) is 3.13. The van der Waals surface area contributed by atoms with E-state index in [0.29, 0.717) is 35.7 Å². The summed E-state index contributed by atoms with van der Waals surface area (Å²) in [6.45, 7) is 9.42. The normalized spacial score (nSPS) is 22.7. The van der Waals surface area contributed by atoms with Crippen LogP contribution < -0.4 is 11.1 Å². The number of phenolic OH excluding ortho intramolecular Hbond substituents is 1. The third-order valence-electron chi connectivity index (χ3n) is 4.71. The zero-order valence-electron chi connectivity index (χ0n) is 16.5. The molecule has 3 rings (SSSR count). The van der Waals surface area contributed by atoms with Crippen LogP contribution in [0.2, 0.25) is 0 Å². The molecule has 154 valence electrons. The van der Waals surface area contributed by atoms with E-state index in [2.05, 4.69) is 16.8 Å². The van der Waals surface area contributed by atoms with E-state index in [0.717, 1.165) is 38.6 Å². The lowest BCUT2D eigenvalue weighted by Gasteiger charge is -2.26. The summed E-state index contributed by atoms with van der Waals surface area (Å²) in [6.07, 6.45) is 7.47. The number of allylic oxidation sites excluding steroid dienone is 5. The molecule has 0 aliphatic carbocycles. The zero-order chi connectivity index (χ0) is 20.6. The van der Waals surface area contributed by atoms with Crippen LogP contribution >= 0.6 is 0 Å². The average molecular weight is 396 g/mol. The van der Waals surface area contributed by atoms with Crippen molar-refractivity contribution >= 4 is 11.4 Å². The number of anilines is 1. The van der Waals surface area contributed by atoms with E-state index in [4.69, 9.17) is 20.6 Å². The largest absolute Gasteiger partial charge is 0.508 e. The number of hydrogen-bond donors (Lipinski definition) is 4. The number of hydrogen-bond acceptors (Lipinski definition) is 7. The lowest BCUT2D eigenvalue weighted by Crippen LogP contribution is -2.38. The van der Waals surface area contributed by atoms with Crippen LogP contribution in [0.25, 0.3) is 0 Å². The van der Waals surface area contributed by atoms with Gasteiger partial charge in [0.15, 0.2) is 0 Å². The minimum absolute atomic E-state index is 0.0668. The quantitative estimate of drug-likeness (QED) is 0.334. The maximum Gasteiger partial charge on any atom is 0.119 e. The highest BCUT2D eigenvalue weighted by Crippen LogP contribution is 2.22. The van der Waals surface area contributed by atoms with Gasteiger partial charge in [0.25, 0.3) is 0 Å². The molecule has 0 unspecified atom stereocenters. The number of phenols is 1. The van der Waals surface area contributed by atoms with Gasteiger partial charge in [-0.05, 0) is 42.0 Å². The Morgan fingerprint density at radius 2 is 2.10 bits per heavy atom. The number of ether oxygens (including phenoxy) is 2. The first-order valence-corrected chi connectivity index (χ1v) is 9.66. The summed E-state index contributed by atoms with van der Waals surface area (Å²) >= 11 is 0. The van der Waals surface area contributed by atoms with E-state index in [9.17, 15) is 5.11 Å². The molecular formula is C22H28N4O3. The standard InChI is InChI=1S/C22H28N4O3/c1-16-13-18(29-12-9-26-7-10-28-11-8-26)3-2-6-25-21(14-16)22(24)19-15-17(27)4-5-20(19)23/h2-5,13-15,24-25,27H,1,6-12,23H2/b3-2-,18-13+,21-14-,24-22?. The highest BCUT2D eigenvalue weighted by Gasteiger charge is 2.13. The number of nitrogens with two attached hydrogens (primary N) is 1. The van der Waals surface area contributed by atoms with Gasteiger partial charge in [0, 0.05) is 37.4 Å². The van der Waals surface area contributed by atoms with Crippen molar-refractivity contribution in [3.8, 4) is 5.75 Å². The molecule has 0 radical (unpaired) electrons. The van der Waals surface area contributed by atoms with Crippen LogP contribution in [0.3, 0.4) is 0 Å². The van der Waals surface area contributed by atoms with Gasteiger partial charge in [0.05, 0.1) is 24.6 Å². The summed E-state index contributed by atoms with van der Waals surface area (Å²) in [5.74, 6) is 0.795. The topological polar surface area (TPSA) is 104 Å². The number of nitrogen functional groups attached to an aromatic ring is 1. The molecule has 2 aliphatic heterocycles. The molecule has 1 fully saturated rings. The summed E-state index contributed by atoms with van der Waals surface area (Å²) < 4.78 is 11.3. The van der Waals surface area contributed by atoms with Crippen LogP contribution in [0.4, 0.5) is 5.69 Å². The molecule has 29 heavy (non-hydrogen) atoms. The summed E-state index contributed by atoms with van der Waals surface area (Å²) in [6, 6.07) is 4.58. The van der Waals surface area contributed by atoms with Gasteiger partial charge in [-0.3, -0.25) is 10.3 Å². The van der Waals surface area contributed by atoms with E-state index in [-0.39, 0.29) is 11.5 Å². The molecule has 1 saturated heterocycles. The summed E-state index contributed by atoms with van der Waals surface area (Å²) in [4.78, 5) is 2.32. The second-order valence-corrected chi connectivity index (χ2v) is 6.91. The number of rotatable bonds is 6. The number of morpholine rings is 1. The highest BCUT2D eigenvalue weighted by molar-refractivity contribution is 6.13. The van der Waals surface area contributed by atoms with Crippen molar-refractivity contribution in [1.82, 2.24) is 10.2 Å². The van der Waals surface area contributed by atoms with E-state index < -0.39 is 0 Å². The van der Waals surface area contributed by atoms with E-state index in [1.54, 1.807) is 12.1 Å². The van der Waals surface area contributed by atoms with Crippen LogP contribution in [0.1, 0.15) is 5.56 Å². The third-order valence-corrected chi connectivity index (χ3v) is 4.71. The second kappa shape index (κ2) is 9.95. The Morgan fingerprint density at radius 1 is 1.31 bits per heavy atom. The van der Waals surface area contributed by atoms with Crippen molar-refractivity contribution in [3.63, 3.8) is 0 Å². The van der Waals surface area contributed by atoms with Crippen molar-refractivity contribution in [2.75, 3.05) is 51.7 Å². The van der Waals surface area contributed by atoms with Crippen LogP contribution in [0.5, 0.6) is 5.75 Å². The number of benzene rings is 1. The van der Waals surface area contributed by atoms with Gasteiger partial charge in [0.1, 0.15) is 18.1 Å². The summed E-state index contributed by atoms with van der Waals surface area (Å²) in [5, 5.41) is 21.5. The molecule has 2 heterocycles. The molecular weight excluding hydrogens is 368 g/mol. The van der Waals surface area contributed by atoms with Crippen LogP contribution in [0, 0.1) is 5.41 Å². The molecule has 0 saturated carbocycles. The van der Waals surface area contributed by atoms with Gasteiger partial charge >= 0.3 is 0 Å². The molecule has 2 aliphatic rings. The zero-order valence-corrected chi connectivity index (χ0v) is 16.5. The highest BCUT2D eigenvalue weighted by atomic mass is 16.5. The van der Waals surface area contributed by atoms with Crippen molar-refractivity contribution < 1.29 is 14.6 Å². The van der Waals surface area contributed by atoms with Crippen LogP contribution in [0.15, 0.2) is 66.1 Å². The van der Waals surface area contributed by atoms with Crippen molar-refractivity contribution in [2.45, 2.75) is 0 Å². The van der Waals surface area contributed by atoms with Gasteiger partial charge < -0.3 is 25.6 Å². The smallest absolute Gasteiger partial charge is 0.119 e. The third kappa shape index (κ3) is 5.97. The fourth-order valence-corrected chi connectivity index (χ4v) is 3.13. The maximum atomic E-state index is 9.74.